The topological polar surface area (TPSA) is 73.0 Å². The molecule has 100 valence electrons. The van der Waals surface area contributed by atoms with Crippen molar-refractivity contribution in [1.82, 2.24) is 9.78 Å². The Labute approximate surface area is 107 Å². The van der Waals surface area contributed by atoms with Crippen molar-refractivity contribution < 1.29 is 4.92 Å². The Kier molecular flexibility index (Phi) is 3.54. The van der Waals surface area contributed by atoms with E-state index >= 15 is 0 Å². The van der Waals surface area contributed by atoms with Gasteiger partial charge in [-0.2, -0.15) is 5.10 Å². The highest BCUT2D eigenvalue weighted by molar-refractivity contribution is 5.60. The van der Waals surface area contributed by atoms with Crippen LogP contribution < -0.4 is 5.32 Å². The first-order valence-corrected chi connectivity index (χ1v) is 6.51. The Morgan fingerprint density at radius 2 is 2.28 bits per heavy atom. The molecule has 2 rings (SSSR count). The van der Waals surface area contributed by atoms with Crippen molar-refractivity contribution >= 4 is 11.5 Å². The Balaban J connectivity index is 2.27. The summed E-state index contributed by atoms with van der Waals surface area (Å²) < 4.78 is 1.69. The summed E-state index contributed by atoms with van der Waals surface area (Å²) in [6.07, 6.45) is 3.34. The van der Waals surface area contributed by atoms with E-state index in [2.05, 4.69) is 17.3 Å². The zero-order valence-corrected chi connectivity index (χ0v) is 11.1. The molecule has 0 bridgehead atoms. The fraction of sp³-hybridized carbons (Fsp3) is 0.750. The molecule has 0 aromatic carbocycles. The number of anilines is 1. The lowest BCUT2D eigenvalue weighted by Gasteiger charge is -2.14. The van der Waals surface area contributed by atoms with E-state index in [-0.39, 0.29) is 10.6 Å². The fourth-order valence-electron chi connectivity index (χ4n) is 2.69. The van der Waals surface area contributed by atoms with Crippen molar-refractivity contribution in [3.05, 3.63) is 15.8 Å². The quantitative estimate of drug-likeness (QED) is 0.660. The van der Waals surface area contributed by atoms with E-state index in [1.54, 1.807) is 11.6 Å². The van der Waals surface area contributed by atoms with Gasteiger partial charge in [-0.15, -0.1) is 0 Å². The predicted molar refractivity (Wildman–Crippen MR) is 69.7 cm³/mol. The van der Waals surface area contributed by atoms with Crippen LogP contribution in [0.5, 0.6) is 0 Å². The molecule has 6 heteroatoms. The van der Waals surface area contributed by atoms with Crippen LogP contribution in [0.4, 0.5) is 11.5 Å². The molecule has 0 spiro atoms. The van der Waals surface area contributed by atoms with E-state index in [1.165, 1.54) is 6.42 Å². The molecular weight excluding hydrogens is 232 g/mol. The minimum atomic E-state index is -0.338. The smallest absolute Gasteiger partial charge is 0.333 e. The van der Waals surface area contributed by atoms with Crippen LogP contribution in [0.15, 0.2) is 0 Å². The molecule has 0 radical (unpaired) electrons. The standard InChI is InChI=1S/C12H20N4O2/c1-4-15-12(11(16(17)18)9(3)14-15)13-10-6-5-8(2)7-10/h8,10,13H,4-7H2,1-3H3. The number of hydrogen-bond acceptors (Lipinski definition) is 4. The lowest BCUT2D eigenvalue weighted by molar-refractivity contribution is -0.384. The first-order chi connectivity index (χ1) is 8.52. The molecular formula is C12H20N4O2. The Hall–Kier alpha value is -1.59. The van der Waals surface area contributed by atoms with Crippen LogP contribution in [0.1, 0.15) is 38.8 Å². The number of hydrogen-bond donors (Lipinski definition) is 1. The van der Waals surface area contributed by atoms with E-state index in [0.29, 0.717) is 30.0 Å². The Morgan fingerprint density at radius 3 is 2.78 bits per heavy atom. The van der Waals surface area contributed by atoms with Gasteiger partial charge in [0.15, 0.2) is 0 Å². The number of aryl methyl sites for hydroxylation is 2. The van der Waals surface area contributed by atoms with Crippen LogP contribution >= 0.6 is 0 Å². The second kappa shape index (κ2) is 4.96. The molecule has 2 unspecified atom stereocenters. The maximum Gasteiger partial charge on any atom is 0.333 e. The average Bonchev–Trinajstić information content (AvgIpc) is 2.83. The van der Waals surface area contributed by atoms with E-state index in [0.717, 1.165) is 12.8 Å². The van der Waals surface area contributed by atoms with Crippen molar-refractivity contribution in [2.24, 2.45) is 5.92 Å². The van der Waals surface area contributed by atoms with Crippen molar-refractivity contribution in [2.75, 3.05) is 5.32 Å². The Morgan fingerprint density at radius 1 is 1.56 bits per heavy atom. The molecule has 1 aliphatic rings. The van der Waals surface area contributed by atoms with Gasteiger partial charge in [0.2, 0.25) is 5.82 Å². The van der Waals surface area contributed by atoms with Crippen LogP contribution in [-0.4, -0.2) is 20.7 Å². The fourth-order valence-corrected chi connectivity index (χ4v) is 2.69. The second-order valence-electron chi connectivity index (χ2n) is 5.11. The van der Waals surface area contributed by atoms with Gasteiger partial charge in [0.1, 0.15) is 5.69 Å². The molecule has 0 amide bonds. The van der Waals surface area contributed by atoms with Gasteiger partial charge in [0, 0.05) is 12.6 Å². The van der Waals surface area contributed by atoms with Gasteiger partial charge in [-0.3, -0.25) is 10.1 Å². The van der Waals surface area contributed by atoms with Gasteiger partial charge in [-0.05, 0) is 39.0 Å². The van der Waals surface area contributed by atoms with Gasteiger partial charge in [0.05, 0.1) is 4.92 Å². The summed E-state index contributed by atoms with van der Waals surface area (Å²) in [5.74, 6) is 1.26. The third-order valence-corrected chi connectivity index (χ3v) is 3.61. The van der Waals surface area contributed by atoms with E-state index in [9.17, 15) is 10.1 Å². The highest BCUT2D eigenvalue weighted by atomic mass is 16.6. The van der Waals surface area contributed by atoms with Crippen LogP contribution in [0.25, 0.3) is 0 Å². The summed E-state index contributed by atoms with van der Waals surface area (Å²) in [6, 6.07) is 0.333. The maximum absolute atomic E-state index is 11.1. The minimum absolute atomic E-state index is 0.122. The van der Waals surface area contributed by atoms with Crippen LogP contribution in [0, 0.1) is 23.0 Å². The largest absolute Gasteiger partial charge is 0.362 e. The summed E-state index contributed by atoms with van der Waals surface area (Å²) in [4.78, 5) is 10.8. The molecule has 1 aromatic rings. The van der Waals surface area contributed by atoms with Crippen LogP contribution in [0.3, 0.4) is 0 Å². The first-order valence-electron chi connectivity index (χ1n) is 6.51. The summed E-state index contributed by atoms with van der Waals surface area (Å²) in [7, 11) is 0. The van der Waals surface area contributed by atoms with Crippen LogP contribution in [-0.2, 0) is 6.54 Å². The van der Waals surface area contributed by atoms with Crippen molar-refractivity contribution in [3.8, 4) is 0 Å². The first kappa shape index (κ1) is 12.9. The molecule has 0 saturated heterocycles. The number of nitrogens with zero attached hydrogens (tertiary/aromatic N) is 3. The number of aromatic nitrogens is 2. The normalized spacial score (nSPS) is 23.3. The molecule has 2 atom stereocenters. The van der Waals surface area contributed by atoms with Gasteiger partial charge >= 0.3 is 5.69 Å². The van der Waals surface area contributed by atoms with Gasteiger partial charge in [-0.1, -0.05) is 6.92 Å². The average molecular weight is 252 g/mol. The highest BCUT2D eigenvalue weighted by Gasteiger charge is 2.29. The summed E-state index contributed by atoms with van der Waals surface area (Å²) in [5, 5.41) is 18.7. The highest BCUT2D eigenvalue weighted by Crippen LogP contribution is 2.33. The molecule has 1 saturated carbocycles. The minimum Gasteiger partial charge on any atom is -0.362 e. The van der Waals surface area contributed by atoms with Crippen molar-refractivity contribution in [1.29, 1.82) is 0 Å². The molecule has 1 fully saturated rings. The van der Waals surface area contributed by atoms with Crippen LogP contribution in [0.2, 0.25) is 0 Å². The molecule has 1 N–H and O–H groups in total. The summed E-state index contributed by atoms with van der Waals surface area (Å²) >= 11 is 0. The monoisotopic (exact) mass is 252 g/mol. The molecule has 0 aliphatic heterocycles. The summed E-state index contributed by atoms with van der Waals surface area (Å²) in [6.45, 7) is 6.49. The molecule has 18 heavy (non-hydrogen) atoms. The van der Waals surface area contributed by atoms with E-state index in [4.69, 9.17) is 0 Å². The zero-order valence-electron chi connectivity index (χ0n) is 11.1. The third-order valence-electron chi connectivity index (χ3n) is 3.61. The molecule has 1 aliphatic carbocycles. The lowest BCUT2D eigenvalue weighted by Crippen LogP contribution is -2.19. The Bertz CT molecular complexity index is 455. The molecule has 1 aromatic heterocycles. The molecule has 6 nitrogen and oxygen atoms in total. The predicted octanol–water partition coefficient (Wildman–Crippen LogP) is 2.72. The van der Waals surface area contributed by atoms with Crippen molar-refractivity contribution in [2.45, 2.75) is 52.6 Å². The van der Waals surface area contributed by atoms with Gasteiger partial charge in [0.25, 0.3) is 0 Å². The lowest BCUT2D eigenvalue weighted by atomic mass is 10.1. The number of nitro groups is 1. The van der Waals surface area contributed by atoms with E-state index in [1.807, 2.05) is 6.92 Å². The zero-order chi connectivity index (χ0) is 13.3. The summed E-state index contributed by atoms with van der Waals surface area (Å²) in [5.41, 5.74) is 0.604. The number of nitrogens with one attached hydrogen (secondary N) is 1. The van der Waals surface area contributed by atoms with Gasteiger partial charge < -0.3 is 5.32 Å². The third kappa shape index (κ3) is 2.32. The SMILES string of the molecule is CCn1nc(C)c([N+](=O)[O-])c1NC1CCC(C)C1. The van der Waals surface area contributed by atoms with Gasteiger partial charge in [-0.25, -0.2) is 4.68 Å². The van der Waals surface area contributed by atoms with E-state index < -0.39 is 0 Å². The van der Waals surface area contributed by atoms with Crippen molar-refractivity contribution in [3.63, 3.8) is 0 Å². The number of rotatable bonds is 4. The molecule has 1 heterocycles. The second-order valence-corrected chi connectivity index (χ2v) is 5.11. The maximum atomic E-state index is 11.1.